The van der Waals surface area contributed by atoms with Gasteiger partial charge in [0, 0.05) is 11.1 Å². The van der Waals surface area contributed by atoms with Crippen molar-refractivity contribution in [1.82, 2.24) is 4.72 Å². The van der Waals surface area contributed by atoms with Crippen molar-refractivity contribution < 1.29 is 8.42 Å². The van der Waals surface area contributed by atoms with Crippen molar-refractivity contribution in [1.29, 1.82) is 0 Å². The average molecular weight is 317 g/mol. The molecule has 0 bridgehead atoms. The molecule has 1 aliphatic carbocycles. The number of nitrogens with one attached hydrogen (secondary N) is 1. The fourth-order valence-corrected chi connectivity index (χ4v) is 4.49. The highest BCUT2D eigenvalue weighted by Gasteiger charge is 2.31. The number of nitrogen functional groups attached to an aromatic ring is 1. The second-order valence-corrected chi connectivity index (χ2v) is 8.38. The molecule has 4 nitrogen and oxygen atoms in total. The number of hydrogen-bond acceptors (Lipinski definition) is 3. The molecule has 20 heavy (non-hydrogen) atoms. The summed E-state index contributed by atoms with van der Waals surface area (Å²) < 4.78 is 27.6. The SMILES string of the molecule is CC1(C)CCCC(NS(=O)(=O)c2cc(Cl)ccc2N)C1. The molecular weight excluding hydrogens is 296 g/mol. The Bertz CT molecular complexity index is 599. The molecule has 1 aromatic rings. The average Bonchev–Trinajstić information content (AvgIpc) is 2.30. The summed E-state index contributed by atoms with van der Waals surface area (Å²) >= 11 is 5.86. The van der Waals surface area contributed by atoms with E-state index in [9.17, 15) is 8.42 Å². The molecule has 6 heteroatoms. The molecule has 1 unspecified atom stereocenters. The largest absolute Gasteiger partial charge is 0.398 e. The minimum atomic E-state index is -3.62. The Morgan fingerprint density at radius 1 is 1.40 bits per heavy atom. The molecule has 1 atom stereocenters. The Balaban J connectivity index is 2.21. The monoisotopic (exact) mass is 316 g/mol. The topological polar surface area (TPSA) is 72.2 Å². The summed E-state index contributed by atoms with van der Waals surface area (Å²) in [6.07, 6.45) is 3.87. The van der Waals surface area contributed by atoms with Crippen LogP contribution in [-0.2, 0) is 10.0 Å². The van der Waals surface area contributed by atoms with Gasteiger partial charge in [-0.1, -0.05) is 31.9 Å². The highest BCUT2D eigenvalue weighted by atomic mass is 35.5. The van der Waals surface area contributed by atoms with E-state index in [4.69, 9.17) is 17.3 Å². The first kappa shape index (κ1) is 15.6. The number of sulfonamides is 1. The lowest BCUT2D eigenvalue weighted by Crippen LogP contribution is -2.40. The van der Waals surface area contributed by atoms with E-state index in [0.717, 1.165) is 25.7 Å². The third-order valence-corrected chi connectivity index (χ3v) is 5.60. The predicted molar refractivity (Wildman–Crippen MR) is 82.2 cm³/mol. The standard InChI is InChI=1S/C14H21ClN2O2S/c1-14(2)7-3-4-11(9-14)17-20(18,19)13-8-10(15)5-6-12(13)16/h5-6,8,11,17H,3-4,7,9,16H2,1-2H3. The van der Waals surface area contributed by atoms with E-state index in [1.54, 1.807) is 6.07 Å². The number of hydrogen-bond donors (Lipinski definition) is 2. The molecule has 112 valence electrons. The van der Waals surface area contributed by atoms with Gasteiger partial charge in [0.05, 0.1) is 5.69 Å². The highest BCUT2D eigenvalue weighted by Crippen LogP contribution is 2.36. The molecule has 1 fully saturated rings. The zero-order valence-corrected chi connectivity index (χ0v) is 13.4. The zero-order chi connectivity index (χ0) is 15.0. The van der Waals surface area contributed by atoms with E-state index in [-0.39, 0.29) is 22.0 Å². The maximum Gasteiger partial charge on any atom is 0.242 e. The summed E-state index contributed by atoms with van der Waals surface area (Å²) in [7, 11) is -3.62. The van der Waals surface area contributed by atoms with Gasteiger partial charge < -0.3 is 5.73 Å². The third-order valence-electron chi connectivity index (χ3n) is 3.79. The molecule has 0 spiro atoms. The smallest absolute Gasteiger partial charge is 0.242 e. The van der Waals surface area contributed by atoms with Crippen LogP contribution < -0.4 is 10.5 Å². The van der Waals surface area contributed by atoms with Crippen molar-refractivity contribution in [3.63, 3.8) is 0 Å². The summed E-state index contributed by atoms with van der Waals surface area (Å²) in [6, 6.07) is 4.45. The minimum Gasteiger partial charge on any atom is -0.398 e. The second kappa shape index (κ2) is 5.54. The van der Waals surface area contributed by atoms with Gasteiger partial charge in [-0.05, 0) is 42.9 Å². The first-order chi connectivity index (χ1) is 9.20. The van der Waals surface area contributed by atoms with Crippen LogP contribution in [0.1, 0.15) is 39.5 Å². The minimum absolute atomic E-state index is 0.0397. The molecule has 2 rings (SSSR count). The van der Waals surface area contributed by atoms with Crippen LogP contribution in [0.2, 0.25) is 5.02 Å². The van der Waals surface area contributed by atoms with Gasteiger partial charge in [0.15, 0.2) is 0 Å². The van der Waals surface area contributed by atoms with Gasteiger partial charge in [-0.3, -0.25) is 0 Å². The lowest BCUT2D eigenvalue weighted by molar-refractivity contribution is 0.212. The fraction of sp³-hybridized carbons (Fsp3) is 0.571. The number of halogens is 1. The van der Waals surface area contributed by atoms with Crippen LogP contribution in [0.3, 0.4) is 0 Å². The van der Waals surface area contributed by atoms with E-state index in [0.29, 0.717) is 5.02 Å². The Kier molecular flexibility index (Phi) is 4.33. The van der Waals surface area contributed by atoms with Crippen molar-refractivity contribution >= 4 is 27.3 Å². The molecular formula is C14H21ClN2O2S. The Labute approximate surface area is 125 Å². The van der Waals surface area contributed by atoms with Crippen molar-refractivity contribution in [3.8, 4) is 0 Å². The maximum atomic E-state index is 12.4. The molecule has 0 saturated heterocycles. The van der Waals surface area contributed by atoms with Crippen LogP contribution in [-0.4, -0.2) is 14.5 Å². The van der Waals surface area contributed by atoms with E-state index < -0.39 is 10.0 Å². The molecule has 0 aromatic heterocycles. The molecule has 0 aliphatic heterocycles. The summed E-state index contributed by atoms with van der Waals surface area (Å²) in [5, 5.41) is 0.364. The third kappa shape index (κ3) is 3.65. The normalized spacial score (nSPS) is 22.6. The van der Waals surface area contributed by atoms with Gasteiger partial charge >= 0.3 is 0 Å². The fourth-order valence-electron chi connectivity index (χ4n) is 2.82. The molecule has 0 heterocycles. The van der Waals surface area contributed by atoms with E-state index >= 15 is 0 Å². The Morgan fingerprint density at radius 2 is 2.10 bits per heavy atom. The van der Waals surface area contributed by atoms with E-state index in [1.165, 1.54) is 12.1 Å². The predicted octanol–water partition coefficient (Wildman–Crippen LogP) is 3.17. The van der Waals surface area contributed by atoms with Crippen LogP contribution in [0.5, 0.6) is 0 Å². The summed E-state index contributed by atoms with van der Waals surface area (Å²) in [5.41, 5.74) is 6.15. The van der Waals surface area contributed by atoms with Crippen LogP contribution in [0.15, 0.2) is 23.1 Å². The van der Waals surface area contributed by atoms with Gasteiger partial charge in [0.1, 0.15) is 4.90 Å². The quantitative estimate of drug-likeness (QED) is 0.841. The molecule has 0 amide bonds. The van der Waals surface area contributed by atoms with Crippen molar-refractivity contribution in [2.45, 2.75) is 50.5 Å². The lowest BCUT2D eigenvalue weighted by atomic mass is 9.75. The van der Waals surface area contributed by atoms with Crippen molar-refractivity contribution in [2.24, 2.45) is 5.41 Å². The van der Waals surface area contributed by atoms with Crippen LogP contribution in [0.4, 0.5) is 5.69 Å². The second-order valence-electron chi connectivity index (χ2n) is 6.26. The zero-order valence-electron chi connectivity index (χ0n) is 11.8. The van der Waals surface area contributed by atoms with Crippen molar-refractivity contribution in [3.05, 3.63) is 23.2 Å². The maximum absolute atomic E-state index is 12.4. The van der Waals surface area contributed by atoms with E-state index in [2.05, 4.69) is 18.6 Å². The van der Waals surface area contributed by atoms with Gasteiger partial charge in [-0.2, -0.15) is 0 Å². The Morgan fingerprint density at radius 3 is 2.75 bits per heavy atom. The van der Waals surface area contributed by atoms with Crippen LogP contribution >= 0.6 is 11.6 Å². The van der Waals surface area contributed by atoms with Gasteiger partial charge in [0.25, 0.3) is 0 Å². The van der Waals surface area contributed by atoms with Gasteiger partial charge in [-0.15, -0.1) is 0 Å². The lowest BCUT2D eigenvalue weighted by Gasteiger charge is -2.35. The first-order valence-corrected chi connectivity index (χ1v) is 8.63. The number of benzene rings is 1. The van der Waals surface area contributed by atoms with Gasteiger partial charge in [0.2, 0.25) is 10.0 Å². The highest BCUT2D eigenvalue weighted by molar-refractivity contribution is 7.89. The van der Waals surface area contributed by atoms with Crippen LogP contribution in [0, 0.1) is 5.41 Å². The first-order valence-electron chi connectivity index (χ1n) is 6.77. The molecule has 1 saturated carbocycles. The van der Waals surface area contributed by atoms with Crippen molar-refractivity contribution in [2.75, 3.05) is 5.73 Å². The summed E-state index contributed by atoms with van der Waals surface area (Å²) in [4.78, 5) is 0.0633. The molecule has 0 radical (unpaired) electrons. The van der Waals surface area contributed by atoms with Gasteiger partial charge in [-0.25, -0.2) is 13.1 Å². The number of nitrogens with two attached hydrogens (primary N) is 1. The number of anilines is 1. The van der Waals surface area contributed by atoms with E-state index in [1.807, 2.05) is 0 Å². The number of rotatable bonds is 3. The van der Waals surface area contributed by atoms with Crippen LogP contribution in [0.25, 0.3) is 0 Å². The summed E-state index contributed by atoms with van der Waals surface area (Å²) in [5.74, 6) is 0. The Hall–Kier alpha value is -0.780. The molecule has 3 N–H and O–H groups in total. The molecule has 1 aromatic carbocycles. The molecule has 1 aliphatic rings. The summed E-state index contributed by atoms with van der Waals surface area (Å²) in [6.45, 7) is 4.34.